The molecule has 4 fully saturated rings. The number of nitrogens with one attached hydrogen (secondary N) is 1. The molecule has 0 radical (unpaired) electrons. The number of hydrogen-bond acceptors (Lipinski definition) is 4. The summed E-state index contributed by atoms with van der Waals surface area (Å²) in [4.78, 5) is 41.1. The standard InChI is InChI=1S/C18H27N3O3/c1-18(13-9-11-5-6-12(13)8-11)16(23)21(17(24)20(18)2)10-15(22)14-4-3-7-19-14/h11-14,19H,3-10H2,1-2H3/t11-,12+,13?,14?,18?/m0/s1. The first-order chi connectivity index (χ1) is 11.4. The van der Waals surface area contributed by atoms with Crippen molar-refractivity contribution >= 4 is 17.7 Å². The van der Waals surface area contributed by atoms with E-state index in [0.29, 0.717) is 11.8 Å². The summed E-state index contributed by atoms with van der Waals surface area (Å²) in [7, 11) is 1.73. The molecule has 2 saturated carbocycles. The van der Waals surface area contributed by atoms with Crippen LogP contribution in [0.4, 0.5) is 4.79 Å². The number of amides is 3. The monoisotopic (exact) mass is 333 g/mol. The molecule has 1 N–H and O–H groups in total. The van der Waals surface area contributed by atoms with Crippen LogP contribution < -0.4 is 5.32 Å². The van der Waals surface area contributed by atoms with Crippen LogP contribution in [0.2, 0.25) is 0 Å². The topological polar surface area (TPSA) is 69.7 Å². The van der Waals surface area contributed by atoms with Crippen molar-refractivity contribution in [2.24, 2.45) is 17.8 Å². The van der Waals surface area contributed by atoms with Crippen molar-refractivity contribution in [1.82, 2.24) is 15.1 Å². The minimum absolute atomic E-state index is 0.0419. The molecule has 132 valence electrons. The van der Waals surface area contributed by atoms with E-state index in [9.17, 15) is 14.4 Å². The second-order valence-electron chi connectivity index (χ2n) is 8.28. The molecule has 0 spiro atoms. The van der Waals surface area contributed by atoms with Gasteiger partial charge in [-0.25, -0.2) is 4.79 Å². The van der Waals surface area contributed by atoms with Crippen LogP contribution >= 0.6 is 0 Å². The molecule has 6 nitrogen and oxygen atoms in total. The van der Waals surface area contributed by atoms with Gasteiger partial charge in [0.1, 0.15) is 5.54 Å². The Hall–Kier alpha value is -1.43. The van der Waals surface area contributed by atoms with Gasteiger partial charge < -0.3 is 10.2 Å². The fourth-order valence-electron chi connectivity index (χ4n) is 5.59. The van der Waals surface area contributed by atoms with Gasteiger partial charge in [-0.3, -0.25) is 14.5 Å². The lowest BCUT2D eigenvalue weighted by Crippen LogP contribution is -2.53. The van der Waals surface area contributed by atoms with Gasteiger partial charge in [0.25, 0.3) is 5.91 Å². The Bertz CT molecular complexity index is 586. The van der Waals surface area contributed by atoms with E-state index >= 15 is 0 Å². The van der Waals surface area contributed by atoms with Crippen LogP contribution in [0.15, 0.2) is 0 Å². The van der Waals surface area contributed by atoms with Gasteiger partial charge in [-0.05, 0) is 63.3 Å². The summed E-state index contributed by atoms with van der Waals surface area (Å²) in [6, 6.07) is -0.512. The summed E-state index contributed by atoms with van der Waals surface area (Å²) in [5.74, 6) is 1.29. The Labute approximate surface area is 142 Å². The minimum Gasteiger partial charge on any atom is -0.313 e. The Morgan fingerprint density at radius 2 is 2.04 bits per heavy atom. The molecule has 4 aliphatic rings. The fourth-order valence-corrected chi connectivity index (χ4v) is 5.59. The summed E-state index contributed by atoms with van der Waals surface area (Å²) >= 11 is 0. The van der Waals surface area contributed by atoms with Gasteiger partial charge in [0.05, 0.1) is 12.6 Å². The molecule has 2 aliphatic heterocycles. The summed E-state index contributed by atoms with van der Waals surface area (Å²) in [5.41, 5.74) is -0.777. The molecule has 6 heteroatoms. The van der Waals surface area contributed by atoms with E-state index < -0.39 is 5.54 Å². The van der Waals surface area contributed by atoms with E-state index in [1.165, 1.54) is 24.2 Å². The zero-order valence-electron chi connectivity index (χ0n) is 14.6. The van der Waals surface area contributed by atoms with Gasteiger partial charge in [0.15, 0.2) is 5.78 Å². The second kappa shape index (κ2) is 5.55. The third-order valence-electron chi connectivity index (χ3n) is 7.12. The molecule has 4 rings (SSSR count). The Balaban J connectivity index is 1.54. The Morgan fingerprint density at radius 3 is 2.62 bits per heavy atom. The van der Waals surface area contributed by atoms with Crippen molar-refractivity contribution in [3.8, 4) is 0 Å². The molecule has 3 amide bonds. The lowest BCUT2D eigenvalue weighted by molar-refractivity contribution is -0.138. The second-order valence-corrected chi connectivity index (χ2v) is 8.28. The number of urea groups is 1. The van der Waals surface area contributed by atoms with Gasteiger partial charge in [-0.2, -0.15) is 0 Å². The fraction of sp³-hybridized carbons (Fsp3) is 0.833. The van der Waals surface area contributed by atoms with Gasteiger partial charge in [0.2, 0.25) is 0 Å². The van der Waals surface area contributed by atoms with Crippen molar-refractivity contribution in [1.29, 1.82) is 0 Å². The van der Waals surface area contributed by atoms with Crippen molar-refractivity contribution in [3.63, 3.8) is 0 Å². The van der Waals surface area contributed by atoms with E-state index in [2.05, 4.69) is 5.32 Å². The SMILES string of the molecule is CN1C(=O)N(CC(=O)C2CCCN2)C(=O)C1(C)C1C[C@H]2CC[C@@H]1C2. The number of rotatable bonds is 4. The molecule has 24 heavy (non-hydrogen) atoms. The number of nitrogens with zero attached hydrogens (tertiary/aromatic N) is 2. The molecule has 0 aromatic rings. The third-order valence-corrected chi connectivity index (χ3v) is 7.12. The van der Waals surface area contributed by atoms with E-state index in [1.807, 2.05) is 6.92 Å². The van der Waals surface area contributed by atoms with Gasteiger partial charge in [-0.15, -0.1) is 0 Å². The number of likely N-dealkylation sites (N-methyl/N-ethyl adjacent to an activating group) is 1. The minimum atomic E-state index is -0.777. The van der Waals surface area contributed by atoms with Crippen molar-refractivity contribution < 1.29 is 14.4 Å². The lowest BCUT2D eigenvalue weighted by atomic mass is 9.74. The predicted octanol–water partition coefficient (Wildman–Crippen LogP) is 1.40. The average Bonchev–Trinajstić information content (AvgIpc) is 3.35. The molecule has 0 aromatic carbocycles. The van der Waals surface area contributed by atoms with Crippen molar-refractivity contribution in [3.05, 3.63) is 0 Å². The summed E-state index contributed by atoms with van der Waals surface area (Å²) < 4.78 is 0. The molecule has 2 aliphatic carbocycles. The largest absolute Gasteiger partial charge is 0.327 e. The van der Waals surface area contributed by atoms with Gasteiger partial charge in [-0.1, -0.05) is 6.42 Å². The number of Topliss-reactive ketones (excluding diaryl/α,β-unsaturated/α-hetero) is 1. The predicted molar refractivity (Wildman–Crippen MR) is 88.2 cm³/mol. The smallest absolute Gasteiger partial charge is 0.313 e. The lowest BCUT2D eigenvalue weighted by Gasteiger charge is -2.39. The average molecular weight is 333 g/mol. The number of fused-ring (bicyclic) bond motifs is 2. The summed E-state index contributed by atoms with van der Waals surface area (Å²) in [5, 5.41) is 3.16. The van der Waals surface area contributed by atoms with Crippen LogP contribution in [0.25, 0.3) is 0 Å². The Morgan fingerprint density at radius 1 is 1.25 bits per heavy atom. The van der Waals surface area contributed by atoms with Crippen LogP contribution in [0.3, 0.4) is 0 Å². The number of carbonyl (C=O) groups is 3. The maximum Gasteiger partial charge on any atom is 0.327 e. The highest BCUT2D eigenvalue weighted by Gasteiger charge is 2.61. The third kappa shape index (κ3) is 2.15. The zero-order valence-corrected chi connectivity index (χ0v) is 14.6. The normalized spacial score (nSPS) is 41.8. The van der Waals surface area contributed by atoms with Crippen LogP contribution in [0, 0.1) is 17.8 Å². The highest BCUT2D eigenvalue weighted by Crippen LogP contribution is 2.54. The maximum absolute atomic E-state index is 13.2. The first-order valence-electron chi connectivity index (χ1n) is 9.28. The molecular formula is C18H27N3O3. The van der Waals surface area contributed by atoms with Crippen LogP contribution in [0.1, 0.15) is 45.4 Å². The van der Waals surface area contributed by atoms with E-state index in [-0.39, 0.29) is 36.2 Å². The van der Waals surface area contributed by atoms with Gasteiger partial charge in [0, 0.05) is 7.05 Å². The highest BCUT2D eigenvalue weighted by atomic mass is 16.2. The highest BCUT2D eigenvalue weighted by molar-refractivity contribution is 6.09. The molecule has 2 saturated heterocycles. The number of imide groups is 1. The molecule has 3 unspecified atom stereocenters. The number of carbonyl (C=O) groups excluding carboxylic acids is 3. The van der Waals surface area contributed by atoms with Gasteiger partial charge >= 0.3 is 6.03 Å². The summed E-state index contributed by atoms with van der Waals surface area (Å²) in [6.45, 7) is 2.66. The van der Waals surface area contributed by atoms with Crippen molar-refractivity contribution in [2.75, 3.05) is 20.1 Å². The van der Waals surface area contributed by atoms with Crippen molar-refractivity contribution in [2.45, 2.75) is 57.0 Å². The summed E-state index contributed by atoms with van der Waals surface area (Å²) in [6.07, 6.45) is 6.44. The zero-order chi connectivity index (χ0) is 17.1. The van der Waals surface area contributed by atoms with E-state index in [1.54, 1.807) is 11.9 Å². The molecular weight excluding hydrogens is 306 g/mol. The van der Waals surface area contributed by atoms with E-state index in [4.69, 9.17) is 0 Å². The number of hydrogen-bond donors (Lipinski definition) is 1. The Kier molecular flexibility index (Phi) is 3.71. The quantitative estimate of drug-likeness (QED) is 0.790. The van der Waals surface area contributed by atoms with Crippen LogP contribution in [-0.2, 0) is 9.59 Å². The molecule has 2 heterocycles. The van der Waals surface area contributed by atoms with Crippen LogP contribution in [-0.4, -0.2) is 59.2 Å². The number of ketones is 1. The molecule has 0 aromatic heterocycles. The first-order valence-corrected chi connectivity index (χ1v) is 9.28. The first kappa shape index (κ1) is 16.1. The molecule has 5 atom stereocenters. The maximum atomic E-state index is 13.2. The molecule has 2 bridgehead atoms. The van der Waals surface area contributed by atoms with Crippen LogP contribution in [0.5, 0.6) is 0 Å². The van der Waals surface area contributed by atoms with E-state index in [0.717, 1.165) is 25.8 Å².